The average molecular weight is 349 g/mol. The Morgan fingerprint density at radius 2 is 1.96 bits per heavy atom. The van der Waals surface area contributed by atoms with Gasteiger partial charge in [-0.15, -0.1) is 0 Å². The molecule has 0 unspecified atom stereocenters. The summed E-state index contributed by atoms with van der Waals surface area (Å²) in [6.07, 6.45) is 1.08. The Morgan fingerprint density at radius 1 is 1.19 bits per heavy atom. The molecule has 0 spiro atoms. The minimum absolute atomic E-state index is 0.0275. The molecule has 2 N–H and O–H groups in total. The quantitative estimate of drug-likeness (QED) is 0.541. The molecule has 1 aliphatic rings. The molecule has 0 radical (unpaired) electrons. The van der Waals surface area contributed by atoms with E-state index in [0.29, 0.717) is 33.3 Å². The van der Waals surface area contributed by atoms with Gasteiger partial charge < -0.3 is 10.1 Å². The number of phenols is 1. The second-order valence-electron chi connectivity index (χ2n) is 6.14. The molecule has 0 aliphatic carbocycles. The number of nitrogens with zero attached hydrogens (tertiary/aromatic N) is 2. The highest BCUT2D eigenvalue weighted by Gasteiger charge is 2.36. The van der Waals surface area contributed by atoms with Gasteiger partial charge in [-0.1, -0.05) is 0 Å². The number of H-pyrrole nitrogens is 1. The van der Waals surface area contributed by atoms with Crippen molar-refractivity contribution in [3.8, 4) is 17.1 Å². The van der Waals surface area contributed by atoms with Gasteiger partial charge in [0.2, 0.25) is 5.91 Å². The van der Waals surface area contributed by atoms with Gasteiger partial charge in [0.15, 0.2) is 0 Å². The van der Waals surface area contributed by atoms with Crippen molar-refractivity contribution in [2.24, 2.45) is 0 Å². The van der Waals surface area contributed by atoms with Crippen molar-refractivity contribution in [2.45, 2.75) is 0 Å². The SMILES string of the molecule is BC1=C(c2c(-c3ccc(F)cn3)[nH]c3ccc(O)cc23)C(=O)N(C)C1=O. The molecule has 3 heterocycles. The number of halogens is 1. The maximum absolute atomic E-state index is 13.3. The van der Waals surface area contributed by atoms with Crippen LogP contribution in [0.4, 0.5) is 4.39 Å². The van der Waals surface area contributed by atoms with Crippen LogP contribution < -0.4 is 0 Å². The Morgan fingerprint density at radius 3 is 2.58 bits per heavy atom. The predicted molar refractivity (Wildman–Crippen MR) is 96.4 cm³/mol. The van der Waals surface area contributed by atoms with Gasteiger partial charge in [0, 0.05) is 29.1 Å². The highest BCUT2D eigenvalue weighted by Crippen LogP contribution is 2.39. The van der Waals surface area contributed by atoms with Gasteiger partial charge in [-0.05, 0) is 35.8 Å². The monoisotopic (exact) mass is 349 g/mol. The van der Waals surface area contributed by atoms with Gasteiger partial charge in [0.25, 0.3) is 5.91 Å². The molecular formula is C18H13BFN3O3. The largest absolute Gasteiger partial charge is 0.508 e. The van der Waals surface area contributed by atoms with Crippen molar-refractivity contribution in [1.82, 2.24) is 14.9 Å². The molecule has 0 saturated heterocycles. The van der Waals surface area contributed by atoms with Crippen LogP contribution in [0.3, 0.4) is 0 Å². The second kappa shape index (κ2) is 5.55. The molecule has 1 aliphatic heterocycles. The number of hydrogen-bond acceptors (Lipinski definition) is 4. The molecule has 3 aromatic rings. The van der Waals surface area contributed by atoms with E-state index in [1.54, 1.807) is 13.9 Å². The van der Waals surface area contributed by atoms with E-state index in [1.807, 2.05) is 0 Å². The molecular weight excluding hydrogens is 336 g/mol. The van der Waals surface area contributed by atoms with Gasteiger partial charge >= 0.3 is 0 Å². The van der Waals surface area contributed by atoms with Gasteiger partial charge in [-0.3, -0.25) is 19.5 Å². The lowest BCUT2D eigenvalue weighted by Crippen LogP contribution is -2.26. The normalized spacial score (nSPS) is 14.8. The third kappa shape index (κ3) is 2.22. The summed E-state index contributed by atoms with van der Waals surface area (Å²) in [5, 5.41) is 10.5. The van der Waals surface area contributed by atoms with Gasteiger partial charge in [-0.25, -0.2) is 4.39 Å². The summed E-state index contributed by atoms with van der Waals surface area (Å²) in [4.78, 5) is 33.2. The van der Waals surface area contributed by atoms with Crippen molar-refractivity contribution >= 4 is 36.1 Å². The Bertz CT molecular complexity index is 1120. The first-order valence-electron chi connectivity index (χ1n) is 7.88. The first-order chi connectivity index (χ1) is 12.4. The average Bonchev–Trinajstić information content (AvgIpc) is 3.07. The number of pyridine rings is 1. The summed E-state index contributed by atoms with van der Waals surface area (Å²) >= 11 is 0. The number of aromatic amines is 1. The fraction of sp³-hybridized carbons (Fsp3) is 0.0556. The Balaban J connectivity index is 2.08. The number of carbonyl (C=O) groups excluding carboxylic acids is 2. The van der Waals surface area contributed by atoms with Crippen LogP contribution in [-0.4, -0.2) is 46.7 Å². The molecule has 0 saturated carbocycles. The number of phenolic OH excluding ortho intramolecular Hbond substituents is 1. The smallest absolute Gasteiger partial charge is 0.260 e. The van der Waals surface area contributed by atoms with E-state index >= 15 is 0 Å². The Kier molecular flexibility index (Phi) is 3.43. The lowest BCUT2D eigenvalue weighted by molar-refractivity contribution is -0.134. The number of aromatic hydroxyl groups is 1. The van der Waals surface area contributed by atoms with Crippen molar-refractivity contribution in [1.29, 1.82) is 0 Å². The molecule has 8 heteroatoms. The first kappa shape index (κ1) is 16.1. The zero-order valence-corrected chi connectivity index (χ0v) is 14.0. The number of rotatable bonds is 2. The van der Waals surface area contributed by atoms with E-state index in [9.17, 15) is 19.1 Å². The second-order valence-corrected chi connectivity index (χ2v) is 6.14. The maximum Gasteiger partial charge on any atom is 0.260 e. The summed E-state index contributed by atoms with van der Waals surface area (Å²) in [5.74, 6) is -1.26. The summed E-state index contributed by atoms with van der Waals surface area (Å²) in [6.45, 7) is 0. The highest BCUT2D eigenvalue weighted by atomic mass is 19.1. The molecule has 0 atom stereocenters. The number of aromatic nitrogens is 2. The van der Waals surface area contributed by atoms with Crippen LogP contribution in [0.25, 0.3) is 27.9 Å². The number of amides is 2. The van der Waals surface area contributed by atoms with Crippen LogP contribution in [0.1, 0.15) is 5.56 Å². The number of imide groups is 1. The summed E-state index contributed by atoms with van der Waals surface area (Å²) < 4.78 is 13.3. The van der Waals surface area contributed by atoms with E-state index in [1.165, 1.54) is 31.3 Å². The zero-order valence-electron chi connectivity index (χ0n) is 14.0. The van der Waals surface area contributed by atoms with E-state index < -0.39 is 11.7 Å². The van der Waals surface area contributed by atoms with E-state index in [2.05, 4.69) is 9.97 Å². The molecule has 0 bridgehead atoms. The Labute approximate surface area is 148 Å². The number of fused-ring (bicyclic) bond motifs is 1. The minimum Gasteiger partial charge on any atom is -0.508 e. The lowest BCUT2D eigenvalue weighted by Gasteiger charge is -2.08. The molecule has 2 aromatic heterocycles. The number of hydrogen-bond donors (Lipinski definition) is 2. The Hall–Kier alpha value is -3.42. The van der Waals surface area contributed by atoms with Crippen LogP contribution in [0.15, 0.2) is 42.0 Å². The van der Waals surface area contributed by atoms with Crippen LogP contribution in [-0.2, 0) is 9.59 Å². The minimum atomic E-state index is -0.480. The standard InChI is InChI=1S/C18H13BFN3O3/c1-23-17(25)14(15(19)18(23)26)13-10-6-9(24)3-5-11(10)22-16(13)12-4-2-8(20)7-21-12/h2-7,22,24H,19H2,1H3. The van der Waals surface area contributed by atoms with Gasteiger partial charge in [0.1, 0.15) is 19.4 Å². The first-order valence-corrected chi connectivity index (χ1v) is 7.88. The third-order valence-corrected chi connectivity index (χ3v) is 4.53. The predicted octanol–water partition coefficient (Wildman–Crippen LogP) is 1.42. The fourth-order valence-corrected chi connectivity index (χ4v) is 3.23. The summed E-state index contributed by atoms with van der Waals surface area (Å²) in [7, 11) is 3.01. The van der Waals surface area contributed by atoms with Crippen LogP contribution >= 0.6 is 0 Å². The van der Waals surface area contributed by atoms with E-state index in [-0.39, 0.29) is 17.2 Å². The molecule has 0 fully saturated rings. The van der Waals surface area contributed by atoms with E-state index in [4.69, 9.17) is 0 Å². The van der Waals surface area contributed by atoms with Crippen molar-refractivity contribution in [3.63, 3.8) is 0 Å². The molecule has 26 heavy (non-hydrogen) atoms. The topological polar surface area (TPSA) is 86.3 Å². The zero-order chi connectivity index (χ0) is 18.6. The van der Waals surface area contributed by atoms with Gasteiger partial charge in [0.05, 0.1) is 17.6 Å². The molecule has 128 valence electrons. The van der Waals surface area contributed by atoms with Crippen LogP contribution in [0, 0.1) is 5.82 Å². The van der Waals surface area contributed by atoms with E-state index in [0.717, 1.165) is 11.1 Å². The van der Waals surface area contributed by atoms with Crippen LogP contribution in [0.2, 0.25) is 0 Å². The number of benzene rings is 1. The maximum atomic E-state index is 13.3. The van der Waals surface area contributed by atoms with Crippen LogP contribution in [0.5, 0.6) is 5.75 Å². The van der Waals surface area contributed by atoms with Crippen molar-refractivity contribution in [2.75, 3.05) is 7.05 Å². The third-order valence-electron chi connectivity index (χ3n) is 4.53. The van der Waals surface area contributed by atoms with Gasteiger partial charge in [-0.2, -0.15) is 0 Å². The van der Waals surface area contributed by atoms with Crippen molar-refractivity contribution < 1.29 is 19.1 Å². The summed E-state index contributed by atoms with van der Waals surface area (Å²) in [6, 6.07) is 7.46. The number of nitrogens with one attached hydrogen (secondary N) is 1. The highest BCUT2D eigenvalue weighted by molar-refractivity contribution is 6.52. The fourth-order valence-electron chi connectivity index (χ4n) is 3.23. The molecule has 6 nitrogen and oxygen atoms in total. The van der Waals surface area contributed by atoms with Crippen molar-refractivity contribution in [3.05, 3.63) is 53.4 Å². The molecule has 1 aromatic carbocycles. The lowest BCUT2D eigenvalue weighted by atomic mass is 9.87. The molecule has 2 amide bonds. The molecule has 4 rings (SSSR count). The number of carbonyl (C=O) groups is 2. The summed E-state index contributed by atoms with van der Waals surface area (Å²) in [5.41, 5.74) is 2.59. The number of likely N-dealkylation sites (N-methyl/N-ethyl adjacent to an activating group) is 1.